The lowest BCUT2D eigenvalue weighted by atomic mass is 9.50. The molecule has 0 aromatic heterocycles. The van der Waals surface area contributed by atoms with Gasteiger partial charge in [-0.2, -0.15) is 0 Å². The number of hydrogen-bond donors (Lipinski definition) is 3. The number of ether oxygens (including phenoxy) is 1. The van der Waals surface area contributed by atoms with E-state index in [-0.39, 0.29) is 5.92 Å². The number of esters is 1. The van der Waals surface area contributed by atoms with Crippen LogP contribution in [-0.4, -0.2) is 44.7 Å². The molecule has 22 heavy (non-hydrogen) atoms. The summed E-state index contributed by atoms with van der Waals surface area (Å²) in [6.45, 7) is 8.50. The second-order valence-corrected chi connectivity index (χ2v) is 8.27. The third-order valence-electron chi connectivity index (χ3n) is 5.99. The lowest BCUT2D eigenvalue weighted by Crippen LogP contribution is -2.65. The van der Waals surface area contributed by atoms with Gasteiger partial charge in [0.2, 0.25) is 0 Å². The topological polar surface area (TPSA) is 87.0 Å². The first-order chi connectivity index (χ1) is 9.89. The molecule has 6 atom stereocenters. The van der Waals surface area contributed by atoms with Crippen molar-refractivity contribution in [1.82, 2.24) is 0 Å². The first-order valence-corrected chi connectivity index (χ1v) is 8.19. The van der Waals surface area contributed by atoms with Crippen LogP contribution in [0, 0.1) is 17.3 Å². The van der Waals surface area contributed by atoms with Gasteiger partial charge in [0.25, 0.3) is 0 Å². The molecule has 0 radical (unpaired) electrons. The zero-order chi connectivity index (χ0) is 16.9. The molecule has 0 spiro atoms. The zero-order valence-electron chi connectivity index (χ0n) is 14.3. The number of hydrogen-bond acceptors (Lipinski definition) is 5. The summed E-state index contributed by atoms with van der Waals surface area (Å²) >= 11 is 0. The first kappa shape index (κ1) is 17.7. The SMILES string of the molecule is CC(=O)O[C@@H]1[C@H](C(C)(C)O)CC[C@@]2(C)[C@H](O)CC[C@@](C)(O)[C@H]12. The molecule has 0 aliphatic heterocycles. The van der Waals surface area contributed by atoms with E-state index in [1.165, 1.54) is 6.92 Å². The Morgan fingerprint density at radius 3 is 2.32 bits per heavy atom. The second-order valence-electron chi connectivity index (χ2n) is 8.27. The van der Waals surface area contributed by atoms with E-state index in [0.717, 1.165) is 0 Å². The van der Waals surface area contributed by atoms with Crippen molar-refractivity contribution in [2.45, 2.75) is 83.7 Å². The summed E-state index contributed by atoms with van der Waals surface area (Å²) in [5.41, 5.74) is -2.55. The summed E-state index contributed by atoms with van der Waals surface area (Å²) in [7, 11) is 0. The number of carbonyl (C=O) groups excluding carboxylic acids is 1. The van der Waals surface area contributed by atoms with E-state index in [2.05, 4.69) is 0 Å². The van der Waals surface area contributed by atoms with E-state index >= 15 is 0 Å². The van der Waals surface area contributed by atoms with Crippen molar-refractivity contribution in [3.05, 3.63) is 0 Å². The van der Waals surface area contributed by atoms with E-state index in [4.69, 9.17) is 4.74 Å². The largest absolute Gasteiger partial charge is 0.462 e. The number of aliphatic hydroxyl groups excluding tert-OH is 1. The van der Waals surface area contributed by atoms with Gasteiger partial charge < -0.3 is 20.1 Å². The van der Waals surface area contributed by atoms with Gasteiger partial charge in [0.1, 0.15) is 6.10 Å². The summed E-state index contributed by atoms with van der Waals surface area (Å²) in [5, 5.41) is 32.0. The molecule has 5 nitrogen and oxygen atoms in total. The Labute approximate surface area is 132 Å². The molecule has 2 rings (SSSR count). The van der Waals surface area contributed by atoms with Gasteiger partial charge in [-0.15, -0.1) is 0 Å². The van der Waals surface area contributed by atoms with Crippen molar-refractivity contribution in [3.8, 4) is 0 Å². The van der Waals surface area contributed by atoms with Crippen LogP contribution in [0.3, 0.4) is 0 Å². The Bertz CT molecular complexity index is 439. The molecule has 128 valence electrons. The summed E-state index contributed by atoms with van der Waals surface area (Å²) in [6.07, 6.45) is 1.23. The third-order valence-corrected chi connectivity index (χ3v) is 5.99. The van der Waals surface area contributed by atoms with Crippen molar-refractivity contribution < 1.29 is 24.9 Å². The molecule has 5 heteroatoms. The van der Waals surface area contributed by atoms with Crippen LogP contribution in [0.15, 0.2) is 0 Å². The molecule has 2 saturated carbocycles. The Hall–Kier alpha value is -0.650. The predicted molar refractivity (Wildman–Crippen MR) is 82.0 cm³/mol. The molecule has 3 N–H and O–H groups in total. The third kappa shape index (κ3) is 2.91. The average molecular weight is 314 g/mol. The van der Waals surface area contributed by atoms with Crippen LogP contribution in [0.2, 0.25) is 0 Å². The molecule has 0 amide bonds. The minimum atomic E-state index is -1.03. The smallest absolute Gasteiger partial charge is 0.302 e. The van der Waals surface area contributed by atoms with Crippen LogP contribution in [0.1, 0.15) is 60.3 Å². The Morgan fingerprint density at radius 2 is 1.82 bits per heavy atom. The van der Waals surface area contributed by atoms with Crippen LogP contribution < -0.4 is 0 Å². The van der Waals surface area contributed by atoms with E-state index in [0.29, 0.717) is 25.7 Å². The Balaban J connectivity index is 2.48. The highest BCUT2D eigenvalue weighted by Crippen LogP contribution is 2.57. The standard InChI is InChI=1S/C17H30O5/c1-10(18)22-13-11(15(2,3)20)6-8-16(4)12(19)7-9-17(5,21)14(13)16/h11-14,19-21H,6-9H2,1-5H3/t11-,12-,13-,14-,16+,17-/m1/s1. The molecule has 0 saturated heterocycles. The van der Waals surface area contributed by atoms with Crippen LogP contribution in [0.25, 0.3) is 0 Å². The minimum Gasteiger partial charge on any atom is -0.462 e. The highest BCUT2D eigenvalue weighted by molar-refractivity contribution is 5.66. The van der Waals surface area contributed by atoms with Crippen molar-refractivity contribution in [2.75, 3.05) is 0 Å². The summed E-state index contributed by atoms with van der Waals surface area (Å²) < 4.78 is 5.58. The quantitative estimate of drug-likeness (QED) is 0.674. The molecule has 2 aliphatic rings. The van der Waals surface area contributed by atoms with Gasteiger partial charge >= 0.3 is 5.97 Å². The Morgan fingerprint density at radius 1 is 1.23 bits per heavy atom. The van der Waals surface area contributed by atoms with Crippen molar-refractivity contribution in [3.63, 3.8) is 0 Å². The lowest BCUT2D eigenvalue weighted by molar-refractivity contribution is -0.240. The molecule has 0 aromatic rings. The molecule has 2 fully saturated rings. The van der Waals surface area contributed by atoms with E-state index in [1.54, 1.807) is 20.8 Å². The monoisotopic (exact) mass is 314 g/mol. The van der Waals surface area contributed by atoms with Crippen LogP contribution in [-0.2, 0) is 9.53 Å². The molecule has 2 aliphatic carbocycles. The normalized spacial score (nSPS) is 46.0. The van der Waals surface area contributed by atoms with Gasteiger partial charge in [0, 0.05) is 24.2 Å². The highest BCUT2D eigenvalue weighted by atomic mass is 16.5. The van der Waals surface area contributed by atoms with Gasteiger partial charge in [0.05, 0.1) is 17.3 Å². The van der Waals surface area contributed by atoms with Gasteiger partial charge in [-0.05, 0) is 46.5 Å². The summed E-state index contributed by atoms with van der Waals surface area (Å²) in [6, 6.07) is 0. The lowest BCUT2D eigenvalue weighted by Gasteiger charge is -2.60. The first-order valence-electron chi connectivity index (χ1n) is 8.19. The van der Waals surface area contributed by atoms with E-state index in [1.807, 2.05) is 6.92 Å². The number of rotatable bonds is 2. The minimum absolute atomic E-state index is 0.258. The average Bonchev–Trinajstić information content (AvgIpc) is 2.32. The number of carbonyl (C=O) groups is 1. The summed E-state index contributed by atoms with van der Waals surface area (Å²) in [5.74, 6) is -1.07. The molecular formula is C17H30O5. The van der Waals surface area contributed by atoms with Gasteiger partial charge in [-0.3, -0.25) is 4.79 Å². The highest BCUT2D eigenvalue weighted by Gasteiger charge is 2.62. The molecule has 0 bridgehead atoms. The van der Waals surface area contributed by atoms with Crippen LogP contribution in [0.5, 0.6) is 0 Å². The van der Waals surface area contributed by atoms with Crippen molar-refractivity contribution >= 4 is 5.97 Å². The zero-order valence-corrected chi connectivity index (χ0v) is 14.3. The number of fused-ring (bicyclic) bond motifs is 1. The van der Waals surface area contributed by atoms with E-state index < -0.39 is 40.7 Å². The fourth-order valence-corrected chi connectivity index (χ4v) is 4.84. The molecule has 0 unspecified atom stereocenters. The van der Waals surface area contributed by atoms with Crippen molar-refractivity contribution in [2.24, 2.45) is 17.3 Å². The van der Waals surface area contributed by atoms with Crippen LogP contribution >= 0.6 is 0 Å². The fourth-order valence-electron chi connectivity index (χ4n) is 4.84. The fraction of sp³-hybridized carbons (Fsp3) is 0.941. The maximum atomic E-state index is 11.6. The second kappa shape index (κ2) is 5.46. The number of aliphatic hydroxyl groups is 3. The van der Waals surface area contributed by atoms with Crippen LogP contribution in [0.4, 0.5) is 0 Å². The Kier molecular flexibility index (Phi) is 4.39. The molecular weight excluding hydrogens is 284 g/mol. The van der Waals surface area contributed by atoms with Gasteiger partial charge in [0.15, 0.2) is 0 Å². The molecule has 0 heterocycles. The van der Waals surface area contributed by atoms with Gasteiger partial charge in [-0.1, -0.05) is 6.92 Å². The van der Waals surface area contributed by atoms with Gasteiger partial charge in [-0.25, -0.2) is 0 Å². The maximum Gasteiger partial charge on any atom is 0.302 e. The maximum absolute atomic E-state index is 11.6. The summed E-state index contributed by atoms with van der Waals surface area (Å²) in [4.78, 5) is 11.6. The van der Waals surface area contributed by atoms with E-state index in [9.17, 15) is 20.1 Å². The van der Waals surface area contributed by atoms with Crippen molar-refractivity contribution in [1.29, 1.82) is 0 Å². The molecule has 0 aromatic carbocycles. The predicted octanol–water partition coefficient (Wildman–Crippen LogP) is 1.63.